The molecule has 74 valence electrons. The second-order valence-corrected chi connectivity index (χ2v) is 3.17. The largest absolute Gasteiger partial charge is 0.312 e. The number of rotatable bonds is 2. The Hall–Kier alpha value is -1.57. The van der Waals surface area contributed by atoms with Crippen molar-refractivity contribution >= 4 is 11.6 Å². The molecule has 1 aromatic rings. The number of allylic oxidation sites excluding steroid dienone is 1. The third-order valence-electron chi connectivity index (χ3n) is 2.22. The quantitative estimate of drug-likeness (QED) is 0.655. The number of anilines is 1. The first-order valence-corrected chi connectivity index (χ1v) is 4.63. The van der Waals surface area contributed by atoms with E-state index in [9.17, 15) is 4.79 Å². The summed E-state index contributed by atoms with van der Waals surface area (Å²) in [5.41, 5.74) is 1.68. The van der Waals surface area contributed by atoms with Crippen molar-refractivity contribution in [3.63, 3.8) is 0 Å². The number of likely N-dealkylation sites (N-methyl/N-ethyl adjacent to an activating group) is 1. The zero-order chi connectivity index (χ0) is 10.6. The zero-order valence-corrected chi connectivity index (χ0v) is 8.82. The smallest absolute Gasteiger partial charge is 0.253 e. The Morgan fingerprint density at radius 1 is 1.29 bits per heavy atom. The van der Waals surface area contributed by atoms with Gasteiger partial charge in [-0.2, -0.15) is 0 Å². The number of benzene rings is 1. The molecule has 0 radical (unpaired) electrons. The van der Waals surface area contributed by atoms with E-state index >= 15 is 0 Å². The summed E-state index contributed by atoms with van der Waals surface area (Å²) in [7, 11) is 1.78. The SMILES string of the molecule is C/C=C(/C)C(=O)N(C)c1ccccc1. The highest BCUT2D eigenvalue weighted by molar-refractivity contribution is 6.04. The van der Waals surface area contributed by atoms with Crippen LogP contribution < -0.4 is 4.90 Å². The molecule has 0 unspecified atom stereocenters. The van der Waals surface area contributed by atoms with Gasteiger partial charge in [-0.25, -0.2) is 0 Å². The second kappa shape index (κ2) is 4.61. The maximum absolute atomic E-state index is 11.7. The number of hydrogen-bond donors (Lipinski definition) is 0. The molecule has 0 N–H and O–H groups in total. The van der Waals surface area contributed by atoms with Crippen molar-refractivity contribution < 1.29 is 4.79 Å². The van der Waals surface area contributed by atoms with Gasteiger partial charge in [0.1, 0.15) is 0 Å². The molecule has 0 aromatic heterocycles. The average molecular weight is 189 g/mol. The summed E-state index contributed by atoms with van der Waals surface area (Å²) in [5, 5.41) is 0. The van der Waals surface area contributed by atoms with Crippen LogP contribution in [0.4, 0.5) is 5.69 Å². The molecule has 1 amide bonds. The van der Waals surface area contributed by atoms with Crippen LogP contribution in [0.25, 0.3) is 0 Å². The summed E-state index contributed by atoms with van der Waals surface area (Å²) in [6, 6.07) is 9.61. The molecule has 0 heterocycles. The Morgan fingerprint density at radius 2 is 1.86 bits per heavy atom. The predicted molar refractivity (Wildman–Crippen MR) is 59.3 cm³/mol. The molecule has 0 aliphatic carbocycles. The van der Waals surface area contributed by atoms with Crippen LogP contribution in [0, 0.1) is 0 Å². The van der Waals surface area contributed by atoms with Crippen molar-refractivity contribution in [3.05, 3.63) is 42.0 Å². The monoisotopic (exact) mass is 189 g/mol. The average Bonchev–Trinajstić information content (AvgIpc) is 2.27. The van der Waals surface area contributed by atoms with E-state index in [-0.39, 0.29) is 5.91 Å². The van der Waals surface area contributed by atoms with Crippen LogP contribution in [0.15, 0.2) is 42.0 Å². The molecule has 2 heteroatoms. The number of amides is 1. The summed E-state index contributed by atoms with van der Waals surface area (Å²) < 4.78 is 0. The van der Waals surface area contributed by atoms with Crippen LogP contribution in [0.1, 0.15) is 13.8 Å². The van der Waals surface area contributed by atoms with Crippen LogP contribution in [0.3, 0.4) is 0 Å². The van der Waals surface area contributed by atoms with E-state index in [4.69, 9.17) is 0 Å². The van der Waals surface area contributed by atoms with Crippen molar-refractivity contribution in [3.8, 4) is 0 Å². The summed E-state index contributed by atoms with van der Waals surface area (Å²) in [6.07, 6.45) is 1.82. The molecule has 0 aliphatic heterocycles. The normalized spacial score (nSPS) is 11.2. The Balaban J connectivity index is 2.87. The van der Waals surface area contributed by atoms with Gasteiger partial charge in [-0.05, 0) is 26.0 Å². The lowest BCUT2D eigenvalue weighted by Gasteiger charge is -2.17. The second-order valence-electron chi connectivity index (χ2n) is 3.17. The maximum Gasteiger partial charge on any atom is 0.253 e. The van der Waals surface area contributed by atoms with Gasteiger partial charge >= 0.3 is 0 Å². The van der Waals surface area contributed by atoms with Crippen molar-refractivity contribution in [2.75, 3.05) is 11.9 Å². The first-order valence-electron chi connectivity index (χ1n) is 4.63. The molecule has 14 heavy (non-hydrogen) atoms. The highest BCUT2D eigenvalue weighted by atomic mass is 16.2. The number of carbonyl (C=O) groups excluding carboxylic acids is 1. The summed E-state index contributed by atoms with van der Waals surface area (Å²) in [4.78, 5) is 13.4. The van der Waals surface area contributed by atoms with E-state index in [1.807, 2.05) is 50.3 Å². The Kier molecular flexibility index (Phi) is 3.46. The van der Waals surface area contributed by atoms with Crippen molar-refractivity contribution in [2.45, 2.75) is 13.8 Å². The maximum atomic E-state index is 11.7. The Labute approximate surface area is 84.9 Å². The Bertz CT molecular complexity index is 341. The van der Waals surface area contributed by atoms with Crippen LogP contribution in [0.5, 0.6) is 0 Å². The van der Waals surface area contributed by atoms with Crippen LogP contribution in [-0.2, 0) is 4.79 Å². The van der Waals surface area contributed by atoms with E-state index < -0.39 is 0 Å². The van der Waals surface area contributed by atoms with Crippen molar-refractivity contribution in [1.82, 2.24) is 0 Å². The van der Waals surface area contributed by atoms with E-state index in [1.54, 1.807) is 11.9 Å². The minimum absolute atomic E-state index is 0.0405. The molecule has 0 spiro atoms. The molecule has 0 aliphatic rings. The fourth-order valence-corrected chi connectivity index (χ4v) is 1.16. The third kappa shape index (κ3) is 2.22. The lowest BCUT2D eigenvalue weighted by Crippen LogP contribution is -2.26. The van der Waals surface area contributed by atoms with Crippen LogP contribution >= 0.6 is 0 Å². The van der Waals surface area contributed by atoms with E-state index in [2.05, 4.69) is 0 Å². The standard InChI is InChI=1S/C12H15NO/c1-4-10(2)12(14)13(3)11-8-6-5-7-9-11/h4-9H,1-3H3/b10-4-. The van der Waals surface area contributed by atoms with Gasteiger partial charge in [0.05, 0.1) is 0 Å². The highest BCUT2D eigenvalue weighted by Gasteiger charge is 2.10. The van der Waals surface area contributed by atoms with Crippen LogP contribution in [0.2, 0.25) is 0 Å². The molecule has 0 bridgehead atoms. The van der Waals surface area contributed by atoms with E-state index in [1.165, 1.54) is 0 Å². The third-order valence-corrected chi connectivity index (χ3v) is 2.22. The Morgan fingerprint density at radius 3 is 2.36 bits per heavy atom. The fourth-order valence-electron chi connectivity index (χ4n) is 1.16. The zero-order valence-electron chi connectivity index (χ0n) is 8.82. The molecular formula is C12H15NO. The lowest BCUT2D eigenvalue weighted by molar-refractivity contribution is -0.114. The number of nitrogens with zero attached hydrogens (tertiary/aromatic N) is 1. The molecule has 2 nitrogen and oxygen atoms in total. The minimum atomic E-state index is 0.0405. The van der Waals surface area contributed by atoms with Crippen molar-refractivity contribution in [1.29, 1.82) is 0 Å². The van der Waals surface area contributed by atoms with Gasteiger partial charge in [-0.3, -0.25) is 4.79 Å². The first kappa shape index (κ1) is 10.5. The molecule has 0 atom stereocenters. The summed E-state index contributed by atoms with van der Waals surface area (Å²) in [5.74, 6) is 0.0405. The molecular weight excluding hydrogens is 174 g/mol. The van der Waals surface area contributed by atoms with Gasteiger partial charge in [0.25, 0.3) is 5.91 Å². The molecule has 1 rings (SSSR count). The highest BCUT2D eigenvalue weighted by Crippen LogP contribution is 2.13. The molecule has 0 saturated heterocycles. The fraction of sp³-hybridized carbons (Fsp3) is 0.250. The molecule has 0 fully saturated rings. The van der Waals surface area contributed by atoms with Crippen LogP contribution in [-0.4, -0.2) is 13.0 Å². The van der Waals surface area contributed by atoms with Gasteiger partial charge in [0, 0.05) is 18.3 Å². The number of carbonyl (C=O) groups is 1. The molecule has 1 aromatic carbocycles. The van der Waals surface area contributed by atoms with Gasteiger partial charge in [0.15, 0.2) is 0 Å². The first-order chi connectivity index (χ1) is 6.66. The van der Waals surface area contributed by atoms with Gasteiger partial charge in [-0.15, -0.1) is 0 Å². The predicted octanol–water partition coefficient (Wildman–Crippen LogP) is 2.62. The molecule has 0 saturated carbocycles. The lowest BCUT2D eigenvalue weighted by atomic mass is 10.2. The summed E-state index contributed by atoms with van der Waals surface area (Å²) in [6.45, 7) is 3.69. The number of hydrogen-bond acceptors (Lipinski definition) is 1. The topological polar surface area (TPSA) is 20.3 Å². The van der Waals surface area contributed by atoms with E-state index in [0.29, 0.717) is 0 Å². The van der Waals surface area contributed by atoms with Gasteiger partial charge in [0.2, 0.25) is 0 Å². The minimum Gasteiger partial charge on any atom is -0.312 e. The van der Waals surface area contributed by atoms with E-state index in [0.717, 1.165) is 11.3 Å². The van der Waals surface area contributed by atoms with Gasteiger partial charge in [-0.1, -0.05) is 24.3 Å². The van der Waals surface area contributed by atoms with Crippen molar-refractivity contribution in [2.24, 2.45) is 0 Å². The van der Waals surface area contributed by atoms with Gasteiger partial charge < -0.3 is 4.90 Å². The number of para-hydroxylation sites is 1. The summed E-state index contributed by atoms with van der Waals surface area (Å²) >= 11 is 0.